The highest BCUT2D eigenvalue weighted by Crippen LogP contribution is 2.21. The summed E-state index contributed by atoms with van der Waals surface area (Å²) in [6, 6.07) is 0. The molecule has 0 N–H and O–H groups in total. The second kappa shape index (κ2) is 10.2. The van der Waals surface area contributed by atoms with Crippen molar-refractivity contribution >= 4 is 5.97 Å². The molecule has 124 valence electrons. The van der Waals surface area contributed by atoms with Gasteiger partial charge in [0.25, 0.3) is 0 Å². The van der Waals surface area contributed by atoms with Gasteiger partial charge >= 0.3 is 5.97 Å². The van der Waals surface area contributed by atoms with Crippen LogP contribution in [0.4, 0.5) is 0 Å². The third-order valence-corrected chi connectivity index (χ3v) is 4.29. The maximum absolute atomic E-state index is 11.7. The van der Waals surface area contributed by atoms with Crippen LogP contribution in [-0.4, -0.2) is 32.1 Å². The van der Waals surface area contributed by atoms with Crippen molar-refractivity contribution in [1.82, 2.24) is 0 Å². The van der Waals surface area contributed by atoms with E-state index in [0.29, 0.717) is 26.1 Å². The Morgan fingerprint density at radius 3 is 2.43 bits per heavy atom. The molecule has 0 spiro atoms. The van der Waals surface area contributed by atoms with Gasteiger partial charge in [-0.3, -0.25) is 4.79 Å². The van der Waals surface area contributed by atoms with E-state index >= 15 is 0 Å². The molecule has 0 unspecified atom stereocenters. The second-order valence-electron chi connectivity index (χ2n) is 6.53. The van der Waals surface area contributed by atoms with Gasteiger partial charge in [0.15, 0.2) is 0 Å². The number of carbonyl (C=O) groups excluding carboxylic acids is 1. The molecule has 0 atom stereocenters. The number of ether oxygens (including phenoxy) is 3. The molecule has 0 aromatic carbocycles. The van der Waals surface area contributed by atoms with Gasteiger partial charge in [0, 0.05) is 6.61 Å². The largest absolute Gasteiger partial charge is 0.465 e. The number of hydrogen-bond donors (Lipinski definition) is 0. The molecular formula is C17H32O4. The quantitative estimate of drug-likeness (QED) is 0.346. The van der Waals surface area contributed by atoms with Gasteiger partial charge in [-0.2, -0.15) is 0 Å². The number of rotatable bonds is 10. The minimum atomic E-state index is -0.371. The second-order valence-corrected chi connectivity index (χ2v) is 6.53. The van der Waals surface area contributed by atoms with Crippen LogP contribution in [-0.2, 0) is 19.0 Å². The van der Waals surface area contributed by atoms with Crippen LogP contribution in [0, 0.1) is 5.41 Å². The summed E-state index contributed by atoms with van der Waals surface area (Å²) < 4.78 is 16.4. The minimum absolute atomic E-state index is 0.105. The molecule has 21 heavy (non-hydrogen) atoms. The molecule has 4 nitrogen and oxygen atoms in total. The van der Waals surface area contributed by atoms with E-state index < -0.39 is 0 Å². The molecule has 0 radical (unpaired) electrons. The Kier molecular flexibility index (Phi) is 8.93. The van der Waals surface area contributed by atoms with Gasteiger partial charge in [-0.1, -0.05) is 26.2 Å². The van der Waals surface area contributed by atoms with E-state index in [2.05, 4.69) is 0 Å². The van der Waals surface area contributed by atoms with Crippen LogP contribution in [0.2, 0.25) is 0 Å². The van der Waals surface area contributed by atoms with Crippen molar-refractivity contribution in [3.63, 3.8) is 0 Å². The fourth-order valence-electron chi connectivity index (χ4n) is 2.25. The summed E-state index contributed by atoms with van der Waals surface area (Å²) in [6.45, 7) is 7.38. The summed E-state index contributed by atoms with van der Waals surface area (Å²) >= 11 is 0. The Morgan fingerprint density at radius 2 is 1.76 bits per heavy atom. The third-order valence-electron chi connectivity index (χ3n) is 4.29. The van der Waals surface area contributed by atoms with Gasteiger partial charge in [-0.05, 0) is 46.0 Å². The van der Waals surface area contributed by atoms with Crippen molar-refractivity contribution in [3.8, 4) is 0 Å². The molecule has 0 heterocycles. The first-order chi connectivity index (χ1) is 10.1. The predicted molar refractivity (Wildman–Crippen MR) is 83.0 cm³/mol. The molecule has 0 aliphatic heterocycles. The van der Waals surface area contributed by atoms with Crippen LogP contribution in [0.15, 0.2) is 0 Å². The molecule has 0 saturated heterocycles. The number of carbonyl (C=O) groups is 1. The summed E-state index contributed by atoms with van der Waals surface area (Å²) in [5.41, 5.74) is -0.371. The Labute approximate surface area is 129 Å². The summed E-state index contributed by atoms with van der Waals surface area (Å²) in [7, 11) is 0. The van der Waals surface area contributed by atoms with Crippen LogP contribution < -0.4 is 0 Å². The molecule has 0 aromatic rings. The van der Waals surface area contributed by atoms with Crippen molar-refractivity contribution in [2.45, 2.75) is 78.2 Å². The normalized spacial score (nSPS) is 16.9. The average Bonchev–Trinajstić information content (AvgIpc) is 2.50. The van der Waals surface area contributed by atoms with Gasteiger partial charge in [0.05, 0.1) is 18.1 Å². The molecule has 4 heteroatoms. The maximum Gasteiger partial charge on any atom is 0.311 e. The lowest BCUT2D eigenvalue weighted by Crippen LogP contribution is -2.26. The highest BCUT2D eigenvalue weighted by atomic mass is 16.7. The van der Waals surface area contributed by atoms with Crippen molar-refractivity contribution in [3.05, 3.63) is 0 Å². The predicted octanol–water partition coefficient (Wildman–Crippen LogP) is 4.07. The van der Waals surface area contributed by atoms with Crippen molar-refractivity contribution < 1.29 is 19.0 Å². The van der Waals surface area contributed by atoms with Gasteiger partial charge in [0.1, 0.15) is 6.79 Å². The minimum Gasteiger partial charge on any atom is -0.465 e. The molecule has 1 saturated carbocycles. The van der Waals surface area contributed by atoms with Crippen molar-refractivity contribution in [2.75, 3.05) is 20.0 Å². The lowest BCUT2D eigenvalue weighted by Gasteiger charge is -2.21. The highest BCUT2D eigenvalue weighted by molar-refractivity contribution is 5.75. The summed E-state index contributed by atoms with van der Waals surface area (Å²) in [4.78, 5) is 11.7. The summed E-state index contributed by atoms with van der Waals surface area (Å²) in [5, 5.41) is 0. The van der Waals surface area contributed by atoms with E-state index in [1.807, 2.05) is 20.8 Å². The Hall–Kier alpha value is -0.610. The first kappa shape index (κ1) is 18.4. The number of hydrogen-bond acceptors (Lipinski definition) is 4. The summed E-state index contributed by atoms with van der Waals surface area (Å²) in [5.74, 6) is -0.105. The van der Waals surface area contributed by atoms with Crippen LogP contribution in [0.1, 0.15) is 72.1 Å². The average molecular weight is 300 g/mol. The van der Waals surface area contributed by atoms with Crippen molar-refractivity contribution in [2.24, 2.45) is 5.41 Å². The zero-order chi connectivity index (χ0) is 15.6. The first-order valence-corrected chi connectivity index (χ1v) is 8.43. The lowest BCUT2D eigenvalue weighted by atomic mass is 9.91. The molecule has 1 rings (SSSR count). The third kappa shape index (κ3) is 7.82. The van der Waals surface area contributed by atoms with Crippen molar-refractivity contribution in [1.29, 1.82) is 0 Å². The summed E-state index contributed by atoms with van der Waals surface area (Å²) in [6.07, 6.45) is 9.19. The Bertz CT molecular complexity index is 283. The van der Waals surface area contributed by atoms with E-state index in [1.54, 1.807) is 0 Å². The molecule has 0 bridgehead atoms. The monoisotopic (exact) mass is 300 g/mol. The van der Waals surface area contributed by atoms with E-state index in [4.69, 9.17) is 14.2 Å². The highest BCUT2D eigenvalue weighted by Gasteiger charge is 2.26. The van der Waals surface area contributed by atoms with E-state index in [0.717, 1.165) is 19.3 Å². The molecule has 1 aliphatic rings. The van der Waals surface area contributed by atoms with Gasteiger partial charge in [-0.25, -0.2) is 0 Å². The van der Waals surface area contributed by atoms with E-state index in [-0.39, 0.29) is 11.4 Å². The molecule has 0 aromatic heterocycles. The lowest BCUT2D eigenvalue weighted by molar-refractivity contribution is -0.154. The molecule has 0 amide bonds. The van der Waals surface area contributed by atoms with E-state index in [1.165, 1.54) is 32.1 Å². The van der Waals surface area contributed by atoms with Crippen LogP contribution in [0.5, 0.6) is 0 Å². The van der Waals surface area contributed by atoms with Gasteiger partial charge in [0.2, 0.25) is 0 Å². The first-order valence-electron chi connectivity index (χ1n) is 8.43. The van der Waals surface area contributed by atoms with Gasteiger partial charge in [-0.15, -0.1) is 0 Å². The zero-order valence-electron chi connectivity index (χ0n) is 14.0. The van der Waals surface area contributed by atoms with Gasteiger partial charge < -0.3 is 14.2 Å². The number of unbranched alkanes of at least 4 members (excludes halogenated alkanes) is 1. The SMILES string of the molecule is CCC(C)(C)C(=O)OCCCCOCOC1CCCCC1. The molecule has 1 fully saturated rings. The Morgan fingerprint density at radius 1 is 1.10 bits per heavy atom. The molecule has 1 aliphatic carbocycles. The fourth-order valence-corrected chi connectivity index (χ4v) is 2.25. The van der Waals surface area contributed by atoms with Crippen LogP contribution in [0.3, 0.4) is 0 Å². The number of esters is 1. The van der Waals surface area contributed by atoms with E-state index in [9.17, 15) is 4.79 Å². The fraction of sp³-hybridized carbons (Fsp3) is 0.941. The standard InChI is InChI=1S/C17H32O4/c1-4-17(2,3)16(18)20-13-9-8-12-19-14-21-15-10-6-5-7-11-15/h15H,4-14H2,1-3H3. The smallest absolute Gasteiger partial charge is 0.311 e. The zero-order valence-corrected chi connectivity index (χ0v) is 14.0. The topological polar surface area (TPSA) is 44.8 Å². The maximum atomic E-state index is 11.7. The van der Waals surface area contributed by atoms with Crippen LogP contribution >= 0.6 is 0 Å². The Balaban J connectivity index is 1.89. The molecular weight excluding hydrogens is 268 g/mol. The van der Waals surface area contributed by atoms with Crippen LogP contribution in [0.25, 0.3) is 0 Å².